The molecule has 1 aliphatic rings. The van der Waals surface area contributed by atoms with Gasteiger partial charge in [-0.05, 0) is 45.8 Å². The summed E-state index contributed by atoms with van der Waals surface area (Å²) < 4.78 is 55.3. The molecule has 0 radical (unpaired) electrons. The normalized spacial score (nSPS) is 12.9. The number of anilines is 5. The predicted octanol–water partition coefficient (Wildman–Crippen LogP) is 6.03. The van der Waals surface area contributed by atoms with Crippen molar-refractivity contribution in [2.24, 2.45) is 0 Å². The lowest BCUT2D eigenvalue weighted by Gasteiger charge is -2.24. The Morgan fingerprint density at radius 1 is 1.24 bits per heavy atom. The largest absolute Gasteiger partial charge is 0.421 e. The Labute approximate surface area is 231 Å². The second-order valence-corrected chi connectivity index (χ2v) is 9.63. The molecule has 0 aliphatic carbocycles. The van der Waals surface area contributed by atoms with E-state index in [-0.39, 0.29) is 41.5 Å². The lowest BCUT2D eigenvalue weighted by molar-refractivity contribution is -0.137. The molecule has 2 heterocycles. The van der Waals surface area contributed by atoms with Crippen LogP contribution in [0.3, 0.4) is 0 Å². The Balaban J connectivity index is 1.70. The number of nitrogens with zero attached hydrogens (tertiary/aromatic N) is 4. The maximum atomic E-state index is 13.9. The van der Waals surface area contributed by atoms with E-state index in [4.69, 9.17) is 0 Å². The summed E-state index contributed by atoms with van der Waals surface area (Å²) in [5, 5.41) is 5.66. The van der Waals surface area contributed by atoms with Crippen LogP contribution in [0.1, 0.15) is 21.5 Å². The van der Waals surface area contributed by atoms with Gasteiger partial charge < -0.3 is 20.4 Å². The second-order valence-electron chi connectivity index (χ2n) is 8.22. The molecule has 2 amide bonds. The van der Waals surface area contributed by atoms with E-state index < -0.39 is 30.1 Å². The SMILES string of the molecule is CN(c1cccc2c1C(=O)N(CCF)C2)c1nc(Nc2ccc(NC(=O)CBr)cc2Br)ncc1C(F)(F)F. The Morgan fingerprint density at radius 2 is 2.00 bits per heavy atom. The first-order valence-corrected chi connectivity index (χ1v) is 13.0. The molecular formula is C24H20Br2F4N6O2. The van der Waals surface area contributed by atoms with Crippen molar-refractivity contribution in [2.45, 2.75) is 12.7 Å². The number of halogens is 6. The Kier molecular flexibility index (Phi) is 8.21. The van der Waals surface area contributed by atoms with Crippen molar-refractivity contribution in [3.8, 4) is 0 Å². The number of alkyl halides is 5. The molecule has 8 nitrogen and oxygen atoms in total. The third-order valence-electron chi connectivity index (χ3n) is 5.72. The van der Waals surface area contributed by atoms with Gasteiger partial charge in [-0.15, -0.1) is 0 Å². The molecule has 38 heavy (non-hydrogen) atoms. The van der Waals surface area contributed by atoms with Crippen LogP contribution < -0.4 is 15.5 Å². The maximum absolute atomic E-state index is 13.9. The standard InChI is InChI=1S/C24H20Br2F4N6O2/c1-35(18-4-2-3-13-12-36(8-7-27)22(38)20(13)18)21-15(24(28,29)30)11-31-23(34-21)33-17-6-5-14(9-16(17)26)32-19(37)10-25/h2-6,9,11H,7-8,10,12H2,1H3,(H,32,37)(H,31,33,34). The van der Waals surface area contributed by atoms with E-state index in [1.807, 2.05) is 0 Å². The first kappa shape index (κ1) is 27.8. The van der Waals surface area contributed by atoms with Gasteiger partial charge in [0, 0.05) is 36.5 Å². The number of amides is 2. The second kappa shape index (κ2) is 11.2. The first-order valence-electron chi connectivity index (χ1n) is 11.1. The van der Waals surface area contributed by atoms with E-state index in [0.29, 0.717) is 27.6 Å². The number of hydrogen-bond acceptors (Lipinski definition) is 6. The number of carbonyl (C=O) groups excluding carboxylic acids is 2. The minimum absolute atomic E-state index is 0.112. The van der Waals surface area contributed by atoms with Crippen molar-refractivity contribution >= 4 is 72.5 Å². The van der Waals surface area contributed by atoms with E-state index in [1.165, 1.54) is 22.9 Å². The fraction of sp³-hybridized carbons (Fsp3) is 0.250. The molecule has 0 saturated heterocycles. The van der Waals surface area contributed by atoms with Crippen LogP contribution in [-0.4, -0.2) is 52.3 Å². The summed E-state index contributed by atoms with van der Waals surface area (Å²) in [7, 11) is 1.37. The van der Waals surface area contributed by atoms with Crippen molar-refractivity contribution in [3.05, 3.63) is 63.8 Å². The summed E-state index contributed by atoms with van der Waals surface area (Å²) in [5.41, 5.74) is 0.842. The Hall–Kier alpha value is -3.26. The summed E-state index contributed by atoms with van der Waals surface area (Å²) in [6.07, 6.45) is -4.11. The molecule has 200 valence electrons. The number of carbonyl (C=O) groups is 2. The number of aromatic nitrogens is 2. The minimum Gasteiger partial charge on any atom is -0.332 e. The van der Waals surface area contributed by atoms with E-state index in [1.54, 1.807) is 30.3 Å². The topological polar surface area (TPSA) is 90.5 Å². The van der Waals surface area contributed by atoms with Crippen molar-refractivity contribution in [3.63, 3.8) is 0 Å². The number of fused-ring (bicyclic) bond motifs is 1. The van der Waals surface area contributed by atoms with Gasteiger partial charge in [0.15, 0.2) is 5.82 Å². The molecular weight excluding hydrogens is 640 g/mol. The predicted molar refractivity (Wildman–Crippen MR) is 142 cm³/mol. The molecule has 4 rings (SSSR count). The molecule has 0 fully saturated rings. The molecule has 2 aromatic carbocycles. The molecule has 14 heteroatoms. The molecule has 0 saturated carbocycles. The van der Waals surface area contributed by atoms with Gasteiger partial charge in [-0.2, -0.15) is 18.2 Å². The van der Waals surface area contributed by atoms with Crippen molar-refractivity contribution in [2.75, 3.05) is 41.1 Å². The smallest absolute Gasteiger partial charge is 0.332 e. The highest BCUT2D eigenvalue weighted by atomic mass is 79.9. The third kappa shape index (κ3) is 5.75. The lowest BCUT2D eigenvalue weighted by Crippen LogP contribution is -2.27. The zero-order valence-electron chi connectivity index (χ0n) is 19.7. The maximum Gasteiger partial charge on any atom is 0.421 e. The van der Waals surface area contributed by atoms with Crippen LogP contribution in [0.4, 0.5) is 46.4 Å². The van der Waals surface area contributed by atoms with Crippen molar-refractivity contribution in [1.29, 1.82) is 0 Å². The van der Waals surface area contributed by atoms with Gasteiger partial charge in [-0.25, -0.2) is 9.37 Å². The van der Waals surface area contributed by atoms with Crippen LogP contribution in [0.5, 0.6) is 0 Å². The van der Waals surface area contributed by atoms with Crippen molar-refractivity contribution in [1.82, 2.24) is 14.9 Å². The molecule has 1 aliphatic heterocycles. The lowest BCUT2D eigenvalue weighted by atomic mass is 10.1. The van der Waals surface area contributed by atoms with Gasteiger partial charge in [0.25, 0.3) is 5.91 Å². The molecule has 3 aromatic rings. The average molecular weight is 660 g/mol. The highest BCUT2D eigenvalue weighted by Crippen LogP contribution is 2.40. The number of hydrogen-bond donors (Lipinski definition) is 2. The van der Waals surface area contributed by atoms with Crippen LogP contribution >= 0.6 is 31.9 Å². The number of rotatable bonds is 8. The molecule has 0 unspecified atom stereocenters. The summed E-state index contributed by atoms with van der Waals surface area (Å²) in [6, 6.07) is 9.64. The fourth-order valence-corrected chi connectivity index (χ4v) is 4.59. The summed E-state index contributed by atoms with van der Waals surface area (Å²) in [6.45, 7) is -0.675. The van der Waals surface area contributed by atoms with Gasteiger partial charge in [-0.3, -0.25) is 9.59 Å². The van der Waals surface area contributed by atoms with Crippen molar-refractivity contribution < 1.29 is 27.2 Å². The van der Waals surface area contributed by atoms with Gasteiger partial charge in [0.05, 0.1) is 22.3 Å². The van der Waals surface area contributed by atoms with Crippen LogP contribution in [0.25, 0.3) is 0 Å². The van der Waals surface area contributed by atoms with Crippen LogP contribution in [0.15, 0.2) is 47.1 Å². The summed E-state index contributed by atoms with van der Waals surface area (Å²) in [5.74, 6) is -1.32. The van der Waals surface area contributed by atoms with E-state index in [2.05, 4.69) is 52.5 Å². The highest BCUT2D eigenvalue weighted by molar-refractivity contribution is 9.10. The average Bonchev–Trinajstić information content (AvgIpc) is 3.20. The van der Waals surface area contributed by atoms with Gasteiger partial charge in [-0.1, -0.05) is 28.1 Å². The zero-order chi connectivity index (χ0) is 27.6. The molecule has 0 spiro atoms. The van der Waals surface area contributed by atoms with Crippen LogP contribution in [0.2, 0.25) is 0 Å². The van der Waals surface area contributed by atoms with E-state index in [0.717, 1.165) is 0 Å². The molecule has 0 atom stereocenters. The number of nitrogens with one attached hydrogen (secondary N) is 2. The quantitative estimate of drug-likeness (QED) is 0.227. The molecule has 0 bridgehead atoms. The Bertz CT molecular complexity index is 1390. The van der Waals surface area contributed by atoms with Gasteiger partial charge in [0.1, 0.15) is 12.2 Å². The molecule has 2 N–H and O–H groups in total. The summed E-state index contributed by atoms with van der Waals surface area (Å²) >= 11 is 6.43. The third-order valence-corrected chi connectivity index (χ3v) is 6.88. The van der Waals surface area contributed by atoms with Gasteiger partial charge in [0.2, 0.25) is 11.9 Å². The summed E-state index contributed by atoms with van der Waals surface area (Å²) in [4.78, 5) is 35.0. The minimum atomic E-state index is -4.78. The fourth-order valence-electron chi connectivity index (χ4n) is 3.97. The molecule has 1 aromatic heterocycles. The monoisotopic (exact) mass is 658 g/mol. The van der Waals surface area contributed by atoms with E-state index in [9.17, 15) is 27.2 Å². The van der Waals surface area contributed by atoms with E-state index >= 15 is 0 Å². The van der Waals surface area contributed by atoms with Gasteiger partial charge >= 0.3 is 6.18 Å². The van der Waals surface area contributed by atoms with Crippen LogP contribution in [-0.2, 0) is 17.5 Å². The first-order chi connectivity index (χ1) is 18.0. The van der Waals surface area contributed by atoms with Crippen LogP contribution in [0, 0.1) is 0 Å². The zero-order valence-corrected chi connectivity index (χ0v) is 22.9. The Morgan fingerprint density at radius 3 is 2.66 bits per heavy atom. The number of benzene rings is 2. The highest BCUT2D eigenvalue weighted by Gasteiger charge is 2.38.